The summed E-state index contributed by atoms with van der Waals surface area (Å²) in [5.74, 6) is -1.10. The van der Waals surface area contributed by atoms with E-state index in [4.69, 9.17) is 15.3 Å². The van der Waals surface area contributed by atoms with Gasteiger partial charge >= 0.3 is 5.97 Å². The lowest BCUT2D eigenvalue weighted by Gasteiger charge is -2.09. The van der Waals surface area contributed by atoms with Gasteiger partial charge in [0.05, 0.1) is 28.8 Å². The zero-order valence-electron chi connectivity index (χ0n) is 18.0. The number of nitrogens with zero attached hydrogens (tertiary/aromatic N) is 4. The summed E-state index contributed by atoms with van der Waals surface area (Å²) in [5.41, 5.74) is 3.48. The summed E-state index contributed by atoms with van der Waals surface area (Å²) in [6.07, 6.45) is 0.339. The van der Waals surface area contributed by atoms with Crippen LogP contribution in [-0.2, 0) is 27.7 Å². The summed E-state index contributed by atoms with van der Waals surface area (Å²) in [5, 5.41) is 30.3. The molecular formula is C23H21N5O4S2. The topological polar surface area (TPSA) is 151 Å². The van der Waals surface area contributed by atoms with Crippen LogP contribution in [0.4, 0.5) is 0 Å². The van der Waals surface area contributed by atoms with Crippen molar-refractivity contribution in [1.29, 1.82) is 5.26 Å². The van der Waals surface area contributed by atoms with Gasteiger partial charge in [0.15, 0.2) is 5.17 Å². The Kier molecular flexibility index (Phi) is 8.01. The number of rotatable bonds is 8. The van der Waals surface area contributed by atoms with Gasteiger partial charge in [-0.1, -0.05) is 60.8 Å². The van der Waals surface area contributed by atoms with Crippen LogP contribution in [0.1, 0.15) is 16.8 Å². The number of aliphatic imine (C=N–C) groups is 1. The standard InChI is InChI=1S/C23H21N5O4S2/c1-2-33-23(26-15-21(29)30)28-20(12-13-24)19(22(27-28)17-6-4-3-5-7-17)14-16-8-10-18(11-9-16)34(25,31)32/h2-11H,1,12,14-15H2,(H,29,30)(H2,25,31,32). The number of aromatic nitrogens is 2. The van der Waals surface area contributed by atoms with E-state index >= 15 is 0 Å². The lowest BCUT2D eigenvalue weighted by Crippen LogP contribution is -2.15. The van der Waals surface area contributed by atoms with Crippen LogP contribution in [0.3, 0.4) is 0 Å². The fraction of sp³-hybridized carbons (Fsp3) is 0.130. The average Bonchev–Trinajstić information content (AvgIpc) is 3.15. The van der Waals surface area contributed by atoms with E-state index in [-0.39, 0.29) is 16.5 Å². The average molecular weight is 496 g/mol. The molecule has 2 aromatic carbocycles. The van der Waals surface area contributed by atoms with Gasteiger partial charge in [0, 0.05) is 17.5 Å². The maximum atomic E-state index is 11.6. The van der Waals surface area contributed by atoms with Gasteiger partial charge in [-0.25, -0.2) is 23.2 Å². The molecular weight excluding hydrogens is 474 g/mol. The quantitative estimate of drug-likeness (QED) is 0.360. The minimum absolute atomic E-state index is 0.00190. The SMILES string of the molecule is C=CSC(=NCC(=O)O)n1nc(-c2ccccc2)c(Cc2ccc(S(N)(=O)=O)cc2)c1CC#N. The van der Waals surface area contributed by atoms with Crippen molar-refractivity contribution >= 4 is 32.9 Å². The molecule has 0 amide bonds. The molecule has 0 unspecified atom stereocenters. The van der Waals surface area contributed by atoms with Crippen molar-refractivity contribution in [1.82, 2.24) is 9.78 Å². The monoisotopic (exact) mass is 495 g/mol. The van der Waals surface area contributed by atoms with Gasteiger partial charge in [0.25, 0.3) is 0 Å². The Hall–Kier alpha value is -3.72. The highest BCUT2D eigenvalue weighted by atomic mass is 32.2. The molecule has 3 rings (SSSR count). The van der Waals surface area contributed by atoms with Crippen LogP contribution >= 0.6 is 11.8 Å². The molecule has 0 saturated heterocycles. The lowest BCUT2D eigenvalue weighted by molar-refractivity contribution is -0.135. The van der Waals surface area contributed by atoms with Crippen LogP contribution in [0, 0.1) is 11.3 Å². The first-order valence-corrected chi connectivity index (χ1v) is 12.4. The third kappa shape index (κ3) is 5.99. The van der Waals surface area contributed by atoms with Crippen LogP contribution in [0.5, 0.6) is 0 Å². The minimum atomic E-state index is -3.82. The fourth-order valence-corrected chi connectivity index (χ4v) is 4.33. The van der Waals surface area contributed by atoms with Crippen molar-refractivity contribution in [2.75, 3.05) is 6.54 Å². The van der Waals surface area contributed by atoms with E-state index in [0.29, 0.717) is 17.8 Å². The molecule has 0 fully saturated rings. The van der Waals surface area contributed by atoms with Crippen molar-refractivity contribution in [3.05, 3.63) is 83.4 Å². The molecule has 0 radical (unpaired) electrons. The van der Waals surface area contributed by atoms with Gasteiger partial charge in [-0.2, -0.15) is 10.4 Å². The predicted octanol–water partition coefficient (Wildman–Crippen LogP) is 3.02. The number of carboxylic acids is 1. The van der Waals surface area contributed by atoms with Crippen molar-refractivity contribution in [3.8, 4) is 17.3 Å². The molecule has 11 heteroatoms. The largest absolute Gasteiger partial charge is 0.480 e. The van der Waals surface area contributed by atoms with Crippen LogP contribution in [0.2, 0.25) is 0 Å². The van der Waals surface area contributed by atoms with Crippen molar-refractivity contribution < 1.29 is 18.3 Å². The molecule has 0 spiro atoms. The van der Waals surface area contributed by atoms with Gasteiger partial charge in [0.1, 0.15) is 6.54 Å². The Labute approximate surface area is 201 Å². The number of primary sulfonamides is 1. The summed E-state index contributed by atoms with van der Waals surface area (Å²) >= 11 is 1.10. The van der Waals surface area contributed by atoms with Crippen LogP contribution in [0.25, 0.3) is 11.3 Å². The first-order valence-electron chi connectivity index (χ1n) is 9.93. The second-order valence-corrected chi connectivity index (χ2v) is 9.52. The zero-order chi connectivity index (χ0) is 24.7. The van der Waals surface area contributed by atoms with E-state index in [1.807, 2.05) is 30.3 Å². The Morgan fingerprint density at radius 1 is 1.24 bits per heavy atom. The fourth-order valence-electron chi connectivity index (χ4n) is 3.28. The van der Waals surface area contributed by atoms with Crippen LogP contribution in [0.15, 0.2) is 76.5 Å². The van der Waals surface area contributed by atoms with E-state index in [9.17, 15) is 18.5 Å². The van der Waals surface area contributed by atoms with Crippen LogP contribution < -0.4 is 5.14 Å². The van der Waals surface area contributed by atoms with E-state index < -0.39 is 22.5 Å². The normalized spacial score (nSPS) is 11.7. The Balaban J connectivity index is 2.19. The highest BCUT2D eigenvalue weighted by Gasteiger charge is 2.22. The molecule has 0 aliphatic rings. The number of carboxylic acid groups (broad SMARTS) is 1. The number of hydrogen-bond acceptors (Lipinski definition) is 7. The van der Waals surface area contributed by atoms with E-state index in [1.54, 1.807) is 12.1 Å². The summed E-state index contributed by atoms with van der Waals surface area (Å²) in [6, 6.07) is 17.7. The molecule has 3 aromatic rings. The number of benzene rings is 2. The number of sulfonamides is 1. The Bertz CT molecular complexity index is 1370. The Morgan fingerprint density at radius 3 is 2.47 bits per heavy atom. The number of carbonyl (C=O) groups is 1. The first kappa shape index (κ1) is 24.9. The molecule has 0 atom stereocenters. The maximum Gasteiger partial charge on any atom is 0.325 e. The number of aliphatic carboxylic acids is 1. The second kappa shape index (κ2) is 10.9. The summed E-state index contributed by atoms with van der Waals surface area (Å²) in [4.78, 5) is 15.2. The number of thioether (sulfide) groups is 1. The molecule has 34 heavy (non-hydrogen) atoms. The molecule has 1 aromatic heterocycles. The molecule has 1 heterocycles. The summed E-state index contributed by atoms with van der Waals surface area (Å²) in [6.45, 7) is 3.22. The van der Waals surface area contributed by atoms with Gasteiger partial charge in [-0.15, -0.1) is 0 Å². The molecule has 9 nitrogen and oxygen atoms in total. The summed E-state index contributed by atoms with van der Waals surface area (Å²) in [7, 11) is -3.82. The lowest BCUT2D eigenvalue weighted by atomic mass is 9.98. The second-order valence-electron chi connectivity index (χ2n) is 7.03. The number of nitriles is 1. The molecule has 174 valence electrons. The van der Waals surface area contributed by atoms with E-state index in [2.05, 4.69) is 17.6 Å². The Morgan fingerprint density at radius 2 is 1.91 bits per heavy atom. The maximum absolute atomic E-state index is 11.6. The molecule has 0 aliphatic carbocycles. The number of nitrogens with two attached hydrogens (primary N) is 1. The molecule has 0 aliphatic heterocycles. The zero-order valence-corrected chi connectivity index (χ0v) is 19.6. The minimum Gasteiger partial charge on any atom is -0.480 e. The first-order chi connectivity index (χ1) is 16.2. The highest BCUT2D eigenvalue weighted by Crippen LogP contribution is 2.30. The predicted molar refractivity (Wildman–Crippen MR) is 131 cm³/mol. The van der Waals surface area contributed by atoms with Crippen molar-refractivity contribution in [2.24, 2.45) is 10.1 Å². The third-order valence-corrected chi connectivity index (χ3v) is 6.34. The van der Waals surface area contributed by atoms with Gasteiger partial charge in [0.2, 0.25) is 10.0 Å². The van der Waals surface area contributed by atoms with Crippen molar-refractivity contribution in [3.63, 3.8) is 0 Å². The van der Waals surface area contributed by atoms with Crippen LogP contribution in [-0.4, -0.2) is 41.0 Å². The molecule has 0 saturated carbocycles. The molecule has 0 bridgehead atoms. The van der Waals surface area contributed by atoms with E-state index in [0.717, 1.165) is 28.5 Å². The molecule has 3 N–H and O–H groups in total. The summed E-state index contributed by atoms with van der Waals surface area (Å²) < 4.78 is 24.7. The third-order valence-electron chi connectivity index (χ3n) is 4.74. The van der Waals surface area contributed by atoms with Gasteiger partial charge in [-0.3, -0.25) is 4.79 Å². The number of hydrogen-bond donors (Lipinski definition) is 2. The van der Waals surface area contributed by atoms with E-state index in [1.165, 1.54) is 22.2 Å². The highest BCUT2D eigenvalue weighted by molar-refractivity contribution is 8.16. The van der Waals surface area contributed by atoms with Crippen molar-refractivity contribution in [2.45, 2.75) is 17.7 Å². The van der Waals surface area contributed by atoms with Gasteiger partial charge in [-0.05, 0) is 23.1 Å². The van der Waals surface area contributed by atoms with Gasteiger partial charge < -0.3 is 5.11 Å². The smallest absolute Gasteiger partial charge is 0.325 e.